The van der Waals surface area contributed by atoms with Crippen LogP contribution in [0.5, 0.6) is 0 Å². The van der Waals surface area contributed by atoms with Crippen LogP contribution in [0.15, 0.2) is 51.4 Å². The van der Waals surface area contributed by atoms with E-state index in [0.29, 0.717) is 57.2 Å². The zero-order valence-electron chi connectivity index (χ0n) is 25.1. The number of amides is 5. The molecule has 238 valence electrons. The highest BCUT2D eigenvalue weighted by Crippen LogP contribution is 2.30. The first-order chi connectivity index (χ1) is 21.3. The Morgan fingerprint density at radius 1 is 0.841 bits per heavy atom. The first kappa shape index (κ1) is 32.6. The van der Waals surface area contributed by atoms with E-state index in [1.807, 2.05) is 47.4 Å². The summed E-state index contributed by atoms with van der Waals surface area (Å²) in [6, 6.07) is 12.4. The Morgan fingerprint density at radius 2 is 1.45 bits per heavy atom. The highest BCUT2D eigenvalue weighted by Gasteiger charge is 2.33. The monoisotopic (exact) mass is 731 g/mol. The van der Waals surface area contributed by atoms with E-state index >= 15 is 0 Å². The van der Waals surface area contributed by atoms with Gasteiger partial charge in [0.25, 0.3) is 0 Å². The molecule has 3 heterocycles. The first-order valence-corrected chi connectivity index (χ1v) is 17.3. The molecule has 0 radical (unpaired) electrons. The second kappa shape index (κ2) is 15.4. The summed E-state index contributed by atoms with van der Waals surface area (Å²) in [5.74, 6) is -0.0475. The summed E-state index contributed by atoms with van der Waals surface area (Å²) in [7, 11) is 0. The van der Waals surface area contributed by atoms with Gasteiger partial charge in [-0.1, -0.05) is 24.6 Å². The SMILES string of the molecule is Nc1c(Br)cc(C[C@@H](NC(=O)N2CCC(NC(=O)Nc3ccccc3)CC2)C(=O)N2CCC(N3CCCCC3)CC2)cc1Br. The Hall–Kier alpha value is -2.83. The molecule has 0 bridgehead atoms. The Bertz CT molecular complexity index is 1270. The van der Waals surface area contributed by atoms with Crippen LogP contribution >= 0.6 is 31.9 Å². The van der Waals surface area contributed by atoms with Crippen molar-refractivity contribution in [2.45, 2.75) is 69.5 Å². The molecule has 5 rings (SSSR count). The quantitative estimate of drug-likeness (QED) is 0.293. The number of halogens is 2. The van der Waals surface area contributed by atoms with E-state index in [9.17, 15) is 14.4 Å². The van der Waals surface area contributed by atoms with Crippen molar-refractivity contribution in [3.05, 3.63) is 57.0 Å². The highest BCUT2D eigenvalue weighted by atomic mass is 79.9. The maximum absolute atomic E-state index is 13.9. The lowest BCUT2D eigenvalue weighted by Crippen LogP contribution is -2.57. The number of urea groups is 2. The molecule has 0 aliphatic carbocycles. The van der Waals surface area contributed by atoms with Gasteiger partial charge in [-0.2, -0.15) is 0 Å². The Labute approximate surface area is 276 Å². The number of nitrogens with one attached hydrogen (secondary N) is 3. The maximum Gasteiger partial charge on any atom is 0.319 e. The summed E-state index contributed by atoms with van der Waals surface area (Å²) in [6.45, 7) is 4.68. The van der Waals surface area contributed by atoms with Crippen molar-refractivity contribution in [1.82, 2.24) is 25.3 Å². The molecule has 12 heteroatoms. The van der Waals surface area contributed by atoms with Gasteiger partial charge in [0.15, 0.2) is 0 Å². The predicted molar refractivity (Wildman–Crippen MR) is 180 cm³/mol. The van der Waals surface area contributed by atoms with Crippen molar-refractivity contribution in [3.8, 4) is 0 Å². The van der Waals surface area contributed by atoms with Crippen molar-refractivity contribution in [3.63, 3.8) is 0 Å². The van der Waals surface area contributed by atoms with E-state index < -0.39 is 6.04 Å². The number of benzene rings is 2. The van der Waals surface area contributed by atoms with Crippen molar-refractivity contribution < 1.29 is 14.4 Å². The lowest BCUT2D eigenvalue weighted by Gasteiger charge is -2.41. The summed E-state index contributed by atoms with van der Waals surface area (Å²) in [6.07, 6.45) is 7.37. The third-order valence-electron chi connectivity index (χ3n) is 9.01. The number of anilines is 2. The zero-order chi connectivity index (χ0) is 31.1. The minimum atomic E-state index is -0.705. The summed E-state index contributed by atoms with van der Waals surface area (Å²) in [5, 5.41) is 8.93. The van der Waals surface area contributed by atoms with Gasteiger partial charge in [-0.25, -0.2) is 9.59 Å². The minimum absolute atomic E-state index is 0.0362. The van der Waals surface area contributed by atoms with Gasteiger partial charge in [0.2, 0.25) is 5.91 Å². The van der Waals surface area contributed by atoms with Gasteiger partial charge in [-0.15, -0.1) is 0 Å². The van der Waals surface area contributed by atoms with Crippen molar-refractivity contribution in [2.75, 3.05) is 50.3 Å². The van der Waals surface area contributed by atoms with Crippen LogP contribution in [0.4, 0.5) is 21.0 Å². The molecule has 10 nitrogen and oxygen atoms in total. The Morgan fingerprint density at radius 3 is 2.09 bits per heavy atom. The van der Waals surface area contributed by atoms with Gasteiger partial charge in [0.1, 0.15) is 6.04 Å². The largest absolute Gasteiger partial charge is 0.397 e. The average Bonchev–Trinajstić information content (AvgIpc) is 3.04. The first-order valence-electron chi connectivity index (χ1n) is 15.7. The lowest BCUT2D eigenvalue weighted by atomic mass is 9.98. The summed E-state index contributed by atoms with van der Waals surface area (Å²) in [4.78, 5) is 46.1. The number of nitrogen functional groups attached to an aromatic ring is 1. The molecule has 5 amide bonds. The molecule has 2 aromatic rings. The lowest BCUT2D eigenvalue weighted by molar-refractivity contribution is -0.134. The van der Waals surface area contributed by atoms with E-state index in [1.54, 1.807) is 4.90 Å². The van der Waals surface area contributed by atoms with Crippen LogP contribution < -0.4 is 21.7 Å². The molecule has 3 fully saturated rings. The zero-order valence-corrected chi connectivity index (χ0v) is 28.2. The molecule has 0 spiro atoms. The Kier molecular flexibility index (Phi) is 11.4. The number of hydrogen-bond acceptors (Lipinski definition) is 5. The number of piperidine rings is 3. The van der Waals surface area contributed by atoms with Crippen LogP contribution in [0.1, 0.15) is 50.5 Å². The number of carbonyl (C=O) groups is 3. The van der Waals surface area contributed by atoms with E-state index in [2.05, 4.69) is 52.7 Å². The number of carbonyl (C=O) groups excluding carboxylic acids is 3. The molecule has 0 unspecified atom stereocenters. The molecular formula is C32H43Br2N7O3. The van der Waals surface area contributed by atoms with Crippen LogP contribution in [0, 0.1) is 0 Å². The third kappa shape index (κ3) is 8.66. The number of nitrogens with zero attached hydrogens (tertiary/aromatic N) is 3. The van der Waals surface area contributed by atoms with Crippen LogP contribution in [0.3, 0.4) is 0 Å². The van der Waals surface area contributed by atoms with Crippen LogP contribution in [0.2, 0.25) is 0 Å². The second-order valence-electron chi connectivity index (χ2n) is 12.1. The van der Waals surface area contributed by atoms with Crippen LogP contribution in [-0.2, 0) is 11.2 Å². The smallest absolute Gasteiger partial charge is 0.319 e. The molecule has 3 saturated heterocycles. The average molecular weight is 734 g/mol. The fourth-order valence-corrected chi connectivity index (χ4v) is 7.77. The van der Waals surface area contributed by atoms with Gasteiger partial charge in [-0.3, -0.25) is 4.79 Å². The van der Waals surface area contributed by atoms with Gasteiger partial charge in [-0.05, 0) is 113 Å². The van der Waals surface area contributed by atoms with Gasteiger partial charge >= 0.3 is 12.1 Å². The molecule has 2 aromatic carbocycles. The van der Waals surface area contributed by atoms with E-state index in [0.717, 1.165) is 46.1 Å². The van der Waals surface area contributed by atoms with Crippen molar-refractivity contribution >= 4 is 61.2 Å². The minimum Gasteiger partial charge on any atom is -0.397 e. The van der Waals surface area contributed by atoms with Crippen LogP contribution in [0.25, 0.3) is 0 Å². The molecule has 0 saturated carbocycles. The van der Waals surface area contributed by atoms with E-state index in [1.165, 1.54) is 19.3 Å². The summed E-state index contributed by atoms with van der Waals surface area (Å²) < 4.78 is 1.49. The molecule has 1 atom stereocenters. The molecule has 5 N–H and O–H groups in total. The molecular weight excluding hydrogens is 690 g/mol. The predicted octanol–water partition coefficient (Wildman–Crippen LogP) is 5.18. The fraction of sp³-hybridized carbons (Fsp3) is 0.531. The van der Waals surface area contributed by atoms with Gasteiger partial charge in [0.05, 0.1) is 5.69 Å². The summed E-state index contributed by atoms with van der Waals surface area (Å²) in [5.41, 5.74) is 8.33. The second-order valence-corrected chi connectivity index (χ2v) is 13.8. The molecule has 44 heavy (non-hydrogen) atoms. The van der Waals surface area contributed by atoms with Gasteiger partial charge < -0.3 is 36.4 Å². The fourth-order valence-electron chi connectivity index (χ4n) is 6.49. The summed E-state index contributed by atoms with van der Waals surface area (Å²) >= 11 is 7.03. The van der Waals surface area contributed by atoms with E-state index in [-0.39, 0.29) is 24.0 Å². The normalized spacial score (nSPS) is 19.3. The Balaban J connectivity index is 1.18. The number of hydrogen-bond donors (Lipinski definition) is 4. The van der Waals surface area contributed by atoms with Crippen LogP contribution in [-0.4, -0.2) is 90.1 Å². The van der Waals surface area contributed by atoms with Gasteiger partial charge in [0, 0.05) is 59.3 Å². The number of nitrogens with two attached hydrogens (primary N) is 1. The third-order valence-corrected chi connectivity index (χ3v) is 10.3. The number of likely N-dealkylation sites (tertiary alicyclic amines) is 3. The standard InChI is InChI=1S/C32H43Br2N7O3/c33-26-19-22(20-27(34)29(26)35)21-28(30(42)40-17-11-25(12-18-40)39-13-5-2-6-14-39)38-32(44)41-15-9-24(10-16-41)37-31(43)36-23-7-3-1-4-8-23/h1,3-4,7-8,19-20,24-25,28H,2,5-6,9-18,21,35H2,(H,38,44)(H2,36,37,43)/t28-/m1/s1. The maximum atomic E-state index is 13.9. The number of rotatable bonds is 7. The van der Waals surface area contributed by atoms with Crippen molar-refractivity contribution in [2.24, 2.45) is 0 Å². The van der Waals surface area contributed by atoms with Crippen molar-refractivity contribution in [1.29, 1.82) is 0 Å². The number of para-hydroxylation sites is 1. The van der Waals surface area contributed by atoms with E-state index in [4.69, 9.17) is 5.73 Å². The molecule has 3 aliphatic heterocycles. The topological polar surface area (TPSA) is 123 Å². The highest BCUT2D eigenvalue weighted by molar-refractivity contribution is 9.11. The molecule has 0 aromatic heterocycles. The molecule has 3 aliphatic rings.